The van der Waals surface area contributed by atoms with Crippen LogP contribution in [-0.2, 0) is 8.54 Å². The van der Waals surface area contributed by atoms with E-state index in [1.165, 1.54) is 0 Å². The lowest BCUT2D eigenvalue weighted by atomic mass is 11.5. The first-order valence-electron chi connectivity index (χ1n) is 5.08. The molecule has 0 aliphatic heterocycles. The number of halogens is 9. The average molecular weight is 370 g/mol. The quantitative estimate of drug-likeness (QED) is 0.546. The second-order valence-electron chi connectivity index (χ2n) is 3.85. The van der Waals surface area contributed by atoms with Crippen molar-refractivity contribution in [2.75, 3.05) is 7.11 Å². The maximum atomic E-state index is 12.5. The van der Waals surface area contributed by atoms with E-state index in [0.717, 1.165) is 0 Å². The molecule has 0 N–H and O–H groups in total. The third kappa shape index (κ3) is 6.60. The molecular formula is C6H11F9O2Si3. The molecule has 0 aromatic rings. The molecular weight excluding hydrogens is 359 g/mol. The lowest BCUT2D eigenvalue weighted by molar-refractivity contribution is -0.0740. The van der Waals surface area contributed by atoms with E-state index in [2.05, 4.69) is 8.54 Å². The minimum atomic E-state index is -5.18. The van der Waals surface area contributed by atoms with Crippen LogP contribution in [0.15, 0.2) is 0 Å². The van der Waals surface area contributed by atoms with Crippen LogP contribution in [0.2, 0.25) is 12.2 Å². The highest BCUT2D eigenvalue weighted by atomic mass is 28.4. The van der Waals surface area contributed by atoms with E-state index in [-0.39, 0.29) is 0 Å². The molecule has 0 saturated carbocycles. The fraction of sp³-hybridized carbons (Fsp3) is 1.00. The van der Waals surface area contributed by atoms with Crippen LogP contribution in [0.4, 0.5) is 39.5 Å². The Morgan fingerprint density at radius 1 is 0.750 bits per heavy atom. The first kappa shape index (κ1) is 19.9. The van der Waals surface area contributed by atoms with Crippen molar-refractivity contribution in [1.82, 2.24) is 0 Å². The van der Waals surface area contributed by atoms with E-state index in [1.54, 1.807) is 0 Å². The molecule has 0 bridgehead atoms. The summed E-state index contributed by atoms with van der Waals surface area (Å²) in [6.45, 7) is 0.461. The van der Waals surface area contributed by atoms with Gasteiger partial charge in [0.1, 0.15) is 0 Å². The number of alkyl halides is 9. The largest absolute Gasteiger partial charge is 0.448 e. The van der Waals surface area contributed by atoms with Gasteiger partial charge < -0.3 is 8.54 Å². The summed E-state index contributed by atoms with van der Waals surface area (Å²) >= 11 is 0. The zero-order chi connectivity index (χ0) is 16.4. The Balaban J connectivity index is 5.01. The summed E-state index contributed by atoms with van der Waals surface area (Å²) in [7, 11) is -12.6. The monoisotopic (exact) mass is 370 g/mol. The van der Waals surface area contributed by atoms with Gasteiger partial charge in [-0.3, -0.25) is 0 Å². The van der Waals surface area contributed by atoms with Gasteiger partial charge in [0.2, 0.25) is 0 Å². The number of hydrogen-bond acceptors (Lipinski definition) is 2. The first-order valence-corrected chi connectivity index (χ1v) is 11.0. The minimum absolute atomic E-state index is 0.461. The SMILES string of the molecule is CO[SiH](C[SiH](O[SiH](C)C(F)(F)F)C(F)(F)F)C(F)(F)F. The van der Waals surface area contributed by atoms with Crippen molar-refractivity contribution in [2.24, 2.45) is 0 Å². The fourth-order valence-corrected chi connectivity index (χ4v) is 10.5. The molecule has 2 nitrogen and oxygen atoms in total. The van der Waals surface area contributed by atoms with Gasteiger partial charge in [-0.15, -0.1) is 0 Å². The average Bonchev–Trinajstić information content (AvgIpc) is 2.18. The van der Waals surface area contributed by atoms with Crippen molar-refractivity contribution in [3.8, 4) is 0 Å². The van der Waals surface area contributed by atoms with E-state index >= 15 is 0 Å². The molecule has 0 heterocycles. The summed E-state index contributed by atoms with van der Waals surface area (Å²) in [4.78, 5) is 0. The van der Waals surface area contributed by atoms with E-state index in [9.17, 15) is 39.5 Å². The van der Waals surface area contributed by atoms with Gasteiger partial charge in [-0.25, -0.2) is 0 Å². The van der Waals surface area contributed by atoms with Crippen LogP contribution in [0.1, 0.15) is 0 Å². The standard InChI is InChI=1S/C6H11F9O2Si3/c1-16-19(5(10,11)12)3-20(6(13,14)15)17-18(2)4(7,8)9/h18-20H,3H2,1-2H3. The van der Waals surface area contributed by atoms with Gasteiger partial charge in [-0.05, 0) is 12.2 Å². The van der Waals surface area contributed by atoms with E-state index in [4.69, 9.17) is 0 Å². The van der Waals surface area contributed by atoms with Crippen molar-refractivity contribution in [2.45, 2.75) is 29.6 Å². The molecule has 0 saturated heterocycles. The third-order valence-electron chi connectivity index (χ3n) is 2.27. The molecule has 0 aromatic carbocycles. The Morgan fingerprint density at radius 3 is 1.40 bits per heavy atom. The maximum Gasteiger partial charge on any atom is 0.385 e. The molecule has 0 aromatic heterocycles. The summed E-state index contributed by atoms with van der Waals surface area (Å²) in [6, 6.07) is 0. The Morgan fingerprint density at radius 2 is 1.15 bits per heavy atom. The molecule has 3 unspecified atom stereocenters. The van der Waals surface area contributed by atoms with Gasteiger partial charge in [0.05, 0.1) is 0 Å². The summed E-state index contributed by atoms with van der Waals surface area (Å²) < 4.78 is 119. The van der Waals surface area contributed by atoms with Gasteiger partial charge in [0, 0.05) is 7.11 Å². The fourth-order valence-electron chi connectivity index (χ4n) is 1.15. The molecule has 0 rings (SSSR count). The molecule has 0 aliphatic rings. The molecule has 0 spiro atoms. The lowest BCUT2D eigenvalue weighted by Gasteiger charge is -2.27. The highest BCUT2D eigenvalue weighted by molar-refractivity contribution is 6.77. The second-order valence-corrected chi connectivity index (χ2v) is 12.5. The number of hydrogen-bond donors (Lipinski definition) is 0. The van der Waals surface area contributed by atoms with Crippen molar-refractivity contribution in [3.05, 3.63) is 0 Å². The van der Waals surface area contributed by atoms with Gasteiger partial charge in [-0.1, -0.05) is 0 Å². The van der Waals surface area contributed by atoms with Crippen LogP contribution in [0, 0.1) is 0 Å². The van der Waals surface area contributed by atoms with E-state index < -0.39 is 50.2 Å². The Kier molecular flexibility index (Phi) is 6.78. The predicted molar refractivity (Wildman–Crippen MR) is 58.4 cm³/mol. The molecule has 14 heteroatoms. The highest BCUT2D eigenvalue weighted by Crippen LogP contribution is 2.31. The van der Waals surface area contributed by atoms with Crippen molar-refractivity contribution in [1.29, 1.82) is 0 Å². The lowest BCUT2D eigenvalue weighted by Crippen LogP contribution is -2.51. The molecule has 20 heavy (non-hydrogen) atoms. The molecule has 0 aliphatic carbocycles. The third-order valence-corrected chi connectivity index (χ3v) is 11.6. The van der Waals surface area contributed by atoms with Crippen molar-refractivity contribution < 1.29 is 48.1 Å². The van der Waals surface area contributed by atoms with Crippen LogP contribution in [0.5, 0.6) is 0 Å². The molecule has 122 valence electrons. The predicted octanol–water partition coefficient (Wildman–Crippen LogP) is 2.29. The van der Waals surface area contributed by atoms with E-state index in [0.29, 0.717) is 13.7 Å². The maximum absolute atomic E-state index is 12.5. The summed E-state index contributed by atoms with van der Waals surface area (Å²) in [6.07, 6.45) is 0. The van der Waals surface area contributed by atoms with Crippen LogP contribution in [0.25, 0.3) is 0 Å². The van der Waals surface area contributed by atoms with Gasteiger partial charge >= 0.3 is 17.4 Å². The first-order chi connectivity index (χ1) is 8.69. The van der Waals surface area contributed by atoms with Crippen LogP contribution < -0.4 is 0 Å². The second kappa shape index (κ2) is 6.80. The van der Waals surface area contributed by atoms with Gasteiger partial charge in [0.25, 0.3) is 27.1 Å². The summed E-state index contributed by atoms with van der Waals surface area (Å²) in [5.41, 5.74) is -1.50. The molecule has 0 radical (unpaired) electrons. The van der Waals surface area contributed by atoms with Gasteiger partial charge in [-0.2, -0.15) is 39.5 Å². The number of rotatable bonds is 5. The Hall–Kier alpha value is -0.0594. The van der Waals surface area contributed by atoms with Gasteiger partial charge in [0.15, 0.2) is 0 Å². The minimum Gasteiger partial charge on any atom is -0.448 e. The molecule has 0 fully saturated rings. The normalized spacial score (nSPS) is 18.8. The molecule has 0 amide bonds. The van der Waals surface area contributed by atoms with Crippen LogP contribution in [-0.4, -0.2) is 51.6 Å². The van der Waals surface area contributed by atoms with Crippen LogP contribution in [0.3, 0.4) is 0 Å². The Labute approximate surface area is 113 Å². The highest BCUT2D eigenvalue weighted by Gasteiger charge is 2.54. The van der Waals surface area contributed by atoms with Crippen molar-refractivity contribution in [3.63, 3.8) is 0 Å². The molecule has 3 atom stereocenters. The Bertz CT molecular complexity index is 302. The summed E-state index contributed by atoms with van der Waals surface area (Å²) in [5.74, 6) is -15.1. The van der Waals surface area contributed by atoms with Crippen molar-refractivity contribution >= 4 is 27.1 Å². The summed E-state index contributed by atoms with van der Waals surface area (Å²) in [5, 5.41) is 0. The topological polar surface area (TPSA) is 18.5 Å². The zero-order valence-corrected chi connectivity index (χ0v) is 13.6. The van der Waals surface area contributed by atoms with E-state index in [1.807, 2.05) is 0 Å². The zero-order valence-electron chi connectivity index (χ0n) is 10.2. The smallest absolute Gasteiger partial charge is 0.385 e. The van der Waals surface area contributed by atoms with Crippen LogP contribution >= 0.6 is 0 Å².